The number of carbonyl (C=O) groups is 1. The molecule has 0 atom stereocenters. The van der Waals surface area contributed by atoms with Crippen LogP contribution < -0.4 is 0 Å². The molecule has 0 aliphatic heterocycles. The molecule has 8 heteroatoms. The number of esters is 1. The van der Waals surface area contributed by atoms with Crippen molar-refractivity contribution in [2.75, 3.05) is 20.2 Å². The summed E-state index contributed by atoms with van der Waals surface area (Å²) in [6.45, 7) is 3.31. The number of aryl methyl sites for hydroxylation is 1. The minimum Gasteiger partial charge on any atom is -0.465 e. The quantitative estimate of drug-likeness (QED) is 0.739. The van der Waals surface area contributed by atoms with Crippen LogP contribution in [0.1, 0.15) is 11.9 Å². The third kappa shape index (κ3) is 3.48. The summed E-state index contributed by atoms with van der Waals surface area (Å²) in [6.07, 6.45) is 1.29. The maximum atomic E-state index is 12.0. The lowest BCUT2D eigenvalue weighted by Crippen LogP contribution is -2.32. The molecule has 0 saturated carbocycles. The van der Waals surface area contributed by atoms with Gasteiger partial charge >= 0.3 is 5.97 Å². The Morgan fingerprint density at radius 1 is 1.59 bits per heavy atom. The number of nitrogens with zero attached hydrogens (tertiary/aromatic N) is 2. The molecule has 1 aromatic heterocycles. The number of thiazole rings is 1. The van der Waals surface area contributed by atoms with E-state index in [1.54, 1.807) is 13.8 Å². The molecule has 0 aliphatic rings. The topological polar surface area (TPSA) is 76.6 Å². The summed E-state index contributed by atoms with van der Waals surface area (Å²) in [5.41, 5.74) is 0. The van der Waals surface area contributed by atoms with Gasteiger partial charge in [0.2, 0.25) is 0 Å². The molecule has 0 amide bonds. The maximum absolute atomic E-state index is 12.0. The monoisotopic (exact) mass is 278 g/mol. The Hall–Kier alpha value is -0.990. The van der Waals surface area contributed by atoms with E-state index >= 15 is 0 Å². The van der Waals surface area contributed by atoms with Crippen molar-refractivity contribution in [2.45, 2.75) is 18.1 Å². The number of carbonyl (C=O) groups excluding carboxylic acids is 1. The number of ether oxygens (including phenoxy) is 1. The first kappa shape index (κ1) is 14.1. The Labute approximate surface area is 104 Å². The molecule has 0 spiro atoms. The smallest absolute Gasteiger partial charge is 0.321 e. The van der Waals surface area contributed by atoms with Crippen molar-refractivity contribution >= 4 is 27.3 Å². The Kier molecular flexibility index (Phi) is 4.61. The molecular weight excluding hydrogens is 264 g/mol. The summed E-state index contributed by atoms with van der Waals surface area (Å²) >= 11 is 1.07. The second kappa shape index (κ2) is 5.56. The minimum atomic E-state index is -3.64. The molecule has 1 aromatic rings. The lowest BCUT2D eigenvalue weighted by atomic mass is 10.6. The van der Waals surface area contributed by atoms with Crippen molar-refractivity contribution in [3.63, 3.8) is 0 Å². The van der Waals surface area contributed by atoms with Gasteiger partial charge in [-0.3, -0.25) is 4.79 Å². The largest absolute Gasteiger partial charge is 0.465 e. The van der Waals surface area contributed by atoms with E-state index in [1.807, 2.05) is 0 Å². The molecule has 0 radical (unpaired) electrons. The lowest BCUT2D eigenvalue weighted by molar-refractivity contribution is -0.143. The predicted molar refractivity (Wildman–Crippen MR) is 63.3 cm³/mol. The molecule has 0 N–H and O–H groups in total. The molecular formula is C9H14N2O4S2. The Bertz CT molecular complexity index is 495. The van der Waals surface area contributed by atoms with Gasteiger partial charge in [-0.2, -0.15) is 4.31 Å². The second-order valence-electron chi connectivity index (χ2n) is 3.26. The Morgan fingerprint density at radius 3 is 2.71 bits per heavy atom. The summed E-state index contributed by atoms with van der Waals surface area (Å²) < 4.78 is 29.7. The number of likely N-dealkylation sites (N-methyl/N-ethyl adjacent to an activating group) is 1. The van der Waals surface area contributed by atoms with E-state index in [1.165, 1.54) is 13.2 Å². The van der Waals surface area contributed by atoms with Gasteiger partial charge in [0.05, 0.1) is 17.8 Å². The van der Waals surface area contributed by atoms with Gasteiger partial charge in [-0.15, -0.1) is 11.3 Å². The van der Waals surface area contributed by atoms with E-state index in [2.05, 4.69) is 4.98 Å². The van der Waals surface area contributed by atoms with Crippen LogP contribution in [0.15, 0.2) is 10.4 Å². The summed E-state index contributed by atoms with van der Waals surface area (Å²) in [6, 6.07) is 0. The molecule has 17 heavy (non-hydrogen) atoms. The number of hydrogen-bond donors (Lipinski definition) is 0. The van der Waals surface area contributed by atoms with E-state index < -0.39 is 16.0 Å². The van der Waals surface area contributed by atoms with Crippen molar-refractivity contribution < 1.29 is 17.9 Å². The maximum Gasteiger partial charge on any atom is 0.321 e. The first-order valence-electron chi connectivity index (χ1n) is 4.92. The molecule has 1 heterocycles. The van der Waals surface area contributed by atoms with Gasteiger partial charge < -0.3 is 4.74 Å². The summed E-state index contributed by atoms with van der Waals surface area (Å²) in [7, 11) is -2.31. The van der Waals surface area contributed by atoms with Crippen molar-refractivity contribution in [3.8, 4) is 0 Å². The predicted octanol–water partition coefficient (Wildman–Crippen LogP) is 0.635. The van der Waals surface area contributed by atoms with Gasteiger partial charge in [0.15, 0.2) is 4.21 Å². The molecule has 96 valence electrons. The average molecular weight is 278 g/mol. The zero-order valence-electron chi connectivity index (χ0n) is 9.84. The standard InChI is InChI=1S/C9H14N2O4S2/c1-4-15-8(12)6-11(3)17(13,14)9-5-10-7(2)16-9/h5H,4,6H2,1-3H3. The first-order valence-corrected chi connectivity index (χ1v) is 7.18. The van der Waals surface area contributed by atoms with Gasteiger partial charge in [0, 0.05) is 7.05 Å². The van der Waals surface area contributed by atoms with Crippen molar-refractivity contribution in [1.82, 2.24) is 9.29 Å². The van der Waals surface area contributed by atoms with E-state index in [0.717, 1.165) is 15.6 Å². The molecule has 1 rings (SSSR count). The van der Waals surface area contributed by atoms with E-state index in [4.69, 9.17) is 4.74 Å². The molecule has 0 bridgehead atoms. The SMILES string of the molecule is CCOC(=O)CN(C)S(=O)(=O)c1cnc(C)s1. The van der Waals surface area contributed by atoms with Crippen LogP contribution in [-0.2, 0) is 19.6 Å². The summed E-state index contributed by atoms with van der Waals surface area (Å²) in [5, 5.41) is 0.660. The van der Waals surface area contributed by atoms with Crippen molar-refractivity contribution in [1.29, 1.82) is 0 Å². The number of sulfonamides is 1. The van der Waals surface area contributed by atoms with Crippen LogP contribution >= 0.6 is 11.3 Å². The van der Waals surface area contributed by atoms with Crippen LogP contribution in [0.5, 0.6) is 0 Å². The van der Waals surface area contributed by atoms with Crippen LogP contribution in [-0.4, -0.2) is 43.9 Å². The van der Waals surface area contributed by atoms with E-state index in [-0.39, 0.29) is 17.4 Å². The zero-order valence-corrected chi connectivity index (χ0v) is 11.5. The van der Waals surface area contributed by atoms with Gasteiger partial charge in [-0.25, -0.2) is 13.4 Å². The number of aromatic nitrogens is 1. The number of rotatable bonds is 5. The third-order valence-corrected chi connectivity index (χ3v) is 5.07. The lowest BCUT2D eigenvalue weighted by Gasteiger charge is -2.14. The van der Waals surface area contributed by atoms with E-state index in [0.29, 0.717) is 5.01 Å². The highest BCUT2D eigenvalue weighted by Crippen LogP contribution is 2.20. The van der Waals surface area contributed by atoms with Gasteiger partial charge in [0.25, 0.3) is 10.0 Å². The first-order chi connectivity index (χ1) is 7.87. The number of hydrogen-bond acceptors (Lipinski definition) is 6. The minimum absolute atomic E-state index is 0.127. The molecule has 0 unspecified atom stereocenters. The fourth-order valence-electron chi connectivity index (χ4n) is 1.09. The highest BCUT2D eigenvalue weighted by molar-refractivity contribution is 7.91. The van der Waals surface area contributed by atoms with Gasteiger partial charge in [-0.05, 0) is 13.8 Å². The molecule has 0 aromatic carbocycles. The van der Waals surface area contributed by atoms with Crippen LogP contribution in [0.4, 0.5) is 0 Å². The third-order valence-electron chi connectivity index (χ3n) is 1.92. The highest BCUT2D eigenvalue weighted by Gasteiger charge is 2.25. The fraction of sp³-hybridized carbons (Fsp3) is 0.556. The summed E-state index contributed by atoms with van der Waals surface area (Å²) in [5.74, 6) is -0.570. The molecule has 0 saturated heterocycles. The normalized spacial score (nSPS) is 11.8. The van der Waals surface area contributed by atoms with Crippen LogP contribution in [0.3, 0.4) is 0 Å². The van der Waals surface area contributed by atoms with Crippen molar-refractivity contribution in [3.05, 3.63) is 11.2 Å². The van der Waals surface area contributed by atoms with Gasteiger partial charge in [-0.1, -0.05) is 0 Å². The Morgan fingerprint density at radius 2 is 2.24 bits per heavy atom. The van der Waals surface area contributed by atoms with Crippen LogP contribution in [0.25, 0.3) is 0 Å². The van der Waals surface area contributed by atoms with E-state index in [9.17, 15) is 13.2 Å². The Balaban J connectivity index is 2.81. The molecule has 6 nitrogen and oxygen atoms in total. The molecule has 0 aliphatic carbocycles. The van der Waals surface area contributed by atoms with Crippen LogP contribution in [0, 0.1) is 6.92 Å². The van der Waals surface area contributed by atoms with Gasteiger partial charge in [0.1, 0.15) is 6.54 Å². The highest BCUT2D eigenvalue weighted by atomic mass is 32.2. The average Bonchev–Trinajstić information content (AvgIpc) is 2.65. The van der Waals surface area contributed by atoms with Crippen LogP contribution in [0.2, 0.25) is 0 Å². The second-order valence-corrected chi connectivity index (χ2v) is 6.77. The zero-order chi connectivity index (χ0) is 13.1. The molecule has 0 fully saturated rings. The fourth-order valence-corrected chi connectivity index (χ4v) is 3.52. The summed E-state index contributed by atoms with van der Waals surface area (Å²) in [4.78, 5) is 15.1. The van der Waals surface area contributed by atoms with Crippen molar-refractivity contribution in [2.24, 2.45) is 0 Å².